The minimum absolute atomic E-state index is 0.0355. The van der Waals surface area contributed by atoms with Crippen molar-refractivity contribution in [2.45, 2.75) is 33.4 Å². The van der Waals surface area contributed by atoms with E-state index in [-0.39, 0.29) is 5.91 Å². The molecule has 2 aromatic rings. The number of nitrogens with one attached hydrogen (secondary N) is 1. The zero-order valence-electron chi connectivity index (χ0n) is 13.2. The highest BCUT2D eigenvalue weighted by Gasteiger charge is 2.22. The highest BCUT2D eigenvalue weighted by molar-refractivity contribution is 5.91. The summed E-state index contributed by atoms with van der Waals surface area (Å²) in [7, 11) is 1.82. The Kier molecular flexibility index (Phi) is 3.93. The maximum Gasteiger partial charge on any atom is 0.239 e. The molecular formula is C14H21N7O. The van der Waals surface area contributed by atoms with E-state index < -0.39 is 0 Å². The first kappa shape index (κ1) is 14.7. The van der Waals surface area contributed by atoms with Gasteiger partial charge in [0, 0.05) is 32.6 Å². The molecule has 1 aliphatic heterocycles. The molecule has 3 heterocycles. The van der Waals surface area contributed by atoms with Crippen molar-refractivity contribution in [2.75, 3.05) is 18.4 Å². The molecule has 1 amide bonds. The molecule has 0 unspecified atom stereocenters. The van der Waals surface area contributed by atoms with E-state index in [9.17, 15) is 4.79 Å². The van der Waals surface area contributed by atoms with Crippen LogP contribution in [0.4, 0.5) is 5.82 Å². The number of hydrogen-bond acceptors (Lipinski definition) is 5. The molecule has 0 atom stereocenters. The van der Waals surface area contributed by atoms with Gasteiger partial charge in [-0.05, 0) is 6.92 Å². The average molecular weight is 303 g/mol. The number of carbonyl (C=O) groups excluding carboxylic acids is 1. The normalized spacial score (nSPS) is 14.9. The summed E-state index contributed by atoms with van der Waals surface area (Å²) >= 11 is 0. The van der Waals surface area contributed by atoms with Crippen molar-refractivity contribution in [1.29, 1.82) is 0 Å². The van der Waals surface area contributed by atoms with Crippen LogP contribution in [-0.4, -0.2) is 48.4 Å². The molecule has 0 bridgehead atoms. The number of aromatic nitrogens is 5. The van der Waals surface area contributed by atoms with Gasteiger partial charge in [-0.3, -0.25) is 14.4 Å². The van der Waals surface area contributed by atoms with Crippen LogP contribution in [0.1, 0.15) is 24.3 Å². The Morgan fingerprint density at radius 1 is 1.36 bits per heavy atom. The Morgan fingerprint density at radius 3 is 2.86 bits per heavy atom. The van der Waals surface area contributed by atoms with Crippen LogP contribution in [0.2, 0.25) is 0 Å². The highest BCUT2D eigenvalue weighted by Crippen LogP contribution is 2.13. The maximum atomic E-state index is 12.2. The predicted molar refractivity (Wildman–Crippen MR) is 81.3 cm³/mol. The molecule has 8 heteroatoms. The molecule has 0 saturated carbocycles. The monoisotopic (exact) mass is 303 g/mol. The first-order valence-electron chi connectivity index (χ1n) is 7.50. The lowest BCUT2D eigenvalue weighted by molar-refractivity contribution is -0.117. The number of aryl methyl sites for hydroxylation is 3. The molecule has 0 aliphatic carbocycles. The third-order valence-electron chi connectivity index (χ3n) is 3.86. The Labute approximate surface area is 129 Å². The first-order chi connectivity index (χ1) is 10.6. The number of carbonyl (C=O) groups is 1. The quantitative estimate of drug-likeness (QED) is 0.881. The summed E-state index contributed by atoms with van der Waals surface area (Å²) in [5, 5.41) is 15.5. The van der Waals surface area contributed by atoms with Crippen LogP contribution in [0.5, 0.6) is 0 Å². The van der Waals surface area contributed by atoms with Crippen LogP contribution in [0, 0.1) is 6.92 Å². The van der Waals surface area contributed by atoms with E-state index in [4.69, 9.17) is 0 Å². The number of nitrogens with zero attached hydrogens (tertiary/aromatic N) is 6. The van der Waals surface area contributed by atoms with Gasteiger partial charge in [-0.25, -0.2) is 0 Å². The maximum absolute atomic E-state index is 12.2. The SMILES string of the molecule is CCc1nnc2n1CCN(CC(=O)Nc1cc(C)nn1C)C2. The Balaban J connectivity index is 1.60. The van der Waals surface area contributed by atoms with Crippen molar-refractivity contribution in [3.05, 3.63) is 23.4 Å². The summed E-state index contributed by atoms with van der Waals surface area (Å²) in [6, 6.07) is 1.86. The molecule has 8 nitrogen and oxygen atoms in total. The number of rotatable bonds is 4. The highest BCUT2D eigenvalue weighted by atomic mass is 16.2. The standard InChI is InChI=1S/C14H21N7O/c1-4-11-16-17-13-8-20(5-6-21(11)13)9-14(22)15-12-7-10(2)18-19(12)3/h7H,4-6,8-9H2,1-3H3,(H,15,22). The zero-order chi connectivity index (χ0) is 15.7. The number of hydrogen-bond donors (Lipinski definition) is 1. The topological polar surface area (TPSA) is 80.9 Å². The fourth-order valence-corrected chi connectivity index (χ4v) is 2.78. The van der Waals surface area contributed by atoms with E-state index in [0.717, 1.165) is 42.7 Å². The summed E-state index contributed by atoms with van der Waals surface area (Å²) in [4.78, 5) is 14.3. The second-order valence-electron chi connectivity index (χ2n) is 5.59. The molecule has 22 heavy (non-hydrogen) atoms. The third-order valence-corrected chi connectivity index (χ3v) is 3.86. The van der Waals surface area contributed by atoms with Crippen molar-refractivity contribution in [3.8, 4) is 0 Å². The average Bonchev–Trinajstić information content (AvgIpc) is 3.01. The Hall–Kier alpha value is -2.22. The van der Waals surface area contributed by atoms with Crippen LogP contribution < -0.4 is 5.32 Å². The number of fused-ring (bicyclic) bond motifs is 1. The second kappa shape index (κ2) is 5.88. The van der Waals surface area contributed by atoms with E-state index in [1.165, 1.54) is 0 Å². The smallest absolute Gasteiger partial charge is 0.239 e. The molecule has 0 saturated heterocycles. The molecule has 1 aliphatic rings. The molecule has 0 fully saturated rings. The number of amides is 1. The van der Waals surface area contributed by atoms with Crippen molar-refractivity contribution in [2.24, 2.45) is 7.05 Å². The van der Waals surface area contributed by atoms with Gasteiger partial charge >= 0.3 is 0 Å². The predicted octanol–water partition coefficient (Wildman–Crippen LogP) is 0.337. The lowest BCUT2D eigenvalue weighted by atomic mass is 10.3. The lowest BCUT2D eigenvalue weighted by Gasteiger charge is -2.26. The summed E-state index contributed by atoms with van der Waals surface area (Å²) in [6.45, 7) is 6.65. The van der Waals surface area contributed by atoms with Crippen molar-refractivity contribution in [1.82, 2.24) is 29.4 Å². The van der Waals surface area contributed by atoms with Gasteiger partial charge in [0.1, 0.15) is 17.5 Å². The van der Waals surface area contributed by atoms with Gasteiger partial charge in [-0.2, -0.15) is 5.10 Å². The van der Waals surface area contributed by atoms with Crippen molar-refractivity contribution in [3.63, 3.8) is 0 Å². The van der Waals surface area contributed by atoms with Crippen molar-refractivity contribution < 1.29 is 4.79 Å². The van der Waals surface area contributed by atoms with E-state index in [1.807, 2.05) is 20.0 Å². The second-order valence-corrected chi connectivity index (χ2v) is 5.59. The fraction of sp³-hybridized carbons (Fsp3) is 0.571. The van der Waals surface area contributed by atoms with E-state index in [0.29, 0.717) is 13.1 Å². The van der Waals surface area contributed by atoms with Gasteiger partial charge in [-0.1, -0.05) is 6.92 Å². The minimum Gasteiger partial charge on any atom is -0.313 e. The molecule has 118 valence electrons. The van der Waals surface area contributed by atoms with Crippen LogP contribution in [-0.2, 0) is 31.4 Å². The van der Waals surface area contributed by atoms with Gasteiger partial charge in [-0.15, -0.1) is 10.2 Å². The van der Waals surface area contributed by atoms with Crippen molar-refractivity contribution >= 4 is 11.7 Å². The molecule has 2 aromatic heterocycles. The molecule has 3 rings (SSSR count). The minimum atomic E-state index is -0.0355. The summed E-state index contributed by atoms with van der Waals surface area (Å²) < 4.78 is 3.83. The molecule has 0 aromatic carbocycles. The van der Waals surface area contributed by atoms with Crippen LogP contribution >= 0.6 is 0 Å². The van der Waals surface area contributed by atoms with Crippen LogP contribution in [0.15, 0.2) is 6.07 Å². The lowest BCUT2D eigenvalue weighted by Crippen LogP contribution is -2.39. The molecule has 0 radical (unpaired) electrons. The van der Waals surface area contributed by atoms with Gasteiger partial charge < -0.3 is 9.88 Å². The third kappa shape index (κ3) is 2.87. The molecule has 0 spiro atoms. The van der Waals surface area contributed by atoms with Gasteiger partial charge in [0.05, 0.1) is 18.8 Å². The Bertz CT molecular complexity index is 687. The van der Waals surface area contributed by atoms with Crippen LogP contribution in [0.25, 0.3) is 0 Å². The van der Waals surface area contributed by atoms with E-state index in [1.54, 1.807) is 4.68 Å². The van der Waals surface area contributed by atoms with Gasteiger partial charge in [0.25, 0.3) is 0 Å². The fourth-order valence-electron chi connectivity index (χ4n) is 2.78. The summed E-state index contributed by atoms with van der Waals surface area (Å²) in [5.74, 6) is 2.64. The summed E-state index contributed by atoms with van der Waals surface area (Å²) in [6.07, 6.45) is 0.882. The zero-order valence-corrected chi connectivity index (χ0v) is 13.2. The van der Waals surface area contributed by atoms with Crippen LogP contribution in [0.3, 0.4) is 0 Å². The molecule has 1 N–H and O–H groups in total. The van der Waals surface area contributed by atoms with Gasteiger partial charge in [0.2, 0.25) is 5.91 Å². The van der Waals surface area contributed by atoms with Gasteiger partial charge in [0.15, 0.2) is 0 Å². The number of anilines is 1. The summed E-state index contributed by atoms with van der Waals surface area (Å²) in [5.41, 5.74) is 0.885. The Morgan fingerprint density at radius 2 is 2.18 bits per heavy atom. The largest absolute Gasteiger partial charge is 0.313 e. The first-order valence-corrected chi connectivity index (χ1v) is 7.50. The molecular weight excluding hydrogens is 282 g/mol. The van der Waals surface area contributed by atoms with E-state index >= 15 is 0 Å². The van der Waals surface area contributed by atoms with E-state index in [2.05, 4.69) is 37.0 Å².